The second-order valence-electron chi connectivity index (χ2n) is 9.05. The van der Waals surface area contributed by atoms with E-state index in [1.54, 1.807) is 4.90 Å². The van der Waals surface area contributed by atoms with Crippen LogP contribution in [0.5, 0.6) is 0 Å². The highest BCUT2D eigenvalue weighted by atomic mass is 35.5. The van der Waals surface area contributed by atoms with E-state index in [1.807, 2.05) is 55.5 Å². The number of para-hydroxylation sites is 2. The first-order chi connectivity index (χ1) is 16.5. The fourth-order valence-corrected chi connectivity index (χ4v) is 5.30. The number of ketones is 1. The zero-order valence-corrected chi connectivity index (χ0v) is 20.1. The van der Waals surface area contributed by atoms with Crippen LogP contribution in [0.3, 0.4) is 0 Å². The second-order valence-corrected chi connectivity index (χ2v) is 9.48. The number of rotatable bonds is 3. The van der Waals surface area contributed by atoms with Gasteiger partial charge in [0.1, 0.15) is 0 Å². The fraction of sp³-hybridized carbons (Fsp3) is 0.241. The summed E-state index contributed by atoms with van der Waals surface area (Å²) in [6.07, 6.45) is 1.43. The van der Waals surface area contributed by atoms with Crippen molar-refractivity contribution in [3.8, 4) is 0 Å². The minimum absolute atomic E-state index is 0.0403. The molecule has 3 aromatic rings. The van der Waals surface area contributed by atoms with Crippen molar-refractivity contribution >= 4 is 34.7 Å². The standard InChI is InChI=1S/C29H27ClN2O2/c1-3-27(34)32-25-10-5-4-9-23(25)31-24-16-21(19-13-11-18(2)12-14-19)17-26(33)28(24)29(32)20-7-6-8-22(30)15-20/h4-15,21,29,31H,3,16-17H2,1-2H3/t21-,29+/m0/s1. The lowest BCUT2D eigenvalue weighted by molar-refractivity contribution is -0.119. The molecule has 5 heteroatoms. The Labute approximate surface area is 205 Å². The molecule has 34 heavy (non-hydrogen) atoms. The highest BCUT2D eigenvalue weighted by Gasteiger charge is 2.41. The highest BCUT2D eigenvalue weighted by molar-refractivity contribution is 6.30. The molecular formula is C29H27ClN2O2. The fourth-order valence-electron chi connectivity index (χ4n) is 5.10. The molecule has 0 spiro atoms. The minimum atomic E-state index is -0.538. The minimum Gasteiger partial charge on any atom is -0.357 e. The molecule has 0 bridgehead atoms. The van der Waals surface area contributed by atoms with Gasteiger partial charge in [-0.15, -0.1) is 0 Å². The topological polar surface area (TPSA) is 49.4 Å². The normalized spacial score (nSPS) is 19.7. The maximum absolute atomic E-state index is 13.8. The number of allylic oxidation sites excluding steroid dienone is 1. The van der Waals surface area contributed by atoms with E-state index >= 15 is 0 Å². The summed E-state index contributed by atoms with van der Waals surface area (Å²) in [5.41, 5.74) is 6.33. The Balaban J connectivity index is 1.70. The lowest BCUT2D eigenvalue weighted by atomic mass is 9.78. The number of hydrogen-bond acceptors (Lipinski definition) is 3. The smallest absolute Gasteiger partial charge is 0.227 e. The number of fused-ring (bicyclic) bond motifs is 1. The van der Waals surface area contributed by atoms with Gasteiger partial charge in [-0.3, -0.25) is 14.5 Å². The molecular weight excluding hydrogens is 444 g/mol. The van der Waals surface area contributed by atoms with Gasteiger partial charge in [0.25, 0.3) is 0 Å². The second kappa shape index (κ2) is 9.11. The lowest BCUT2D eigenvalue weighted by Crippen LogP contribution is -2.38. The summed E-state index contributed by atoms with van der Waals surface area (Å²) in [5.74, 6) is 0.104. The molecule has 0 saturated carbocycles. The lowest BCUT2D eigenvalue weighted by Gasteiger charge is -2.35. The van der Waals surface area contributed by atoms with Crippen LogP contribution < -0.4 is 10.2 Å². The van der Waals surface area contributed by atoms with Crippen LogP contribution in [0.1, 0.15) is 54.8 Å². The van der Waals surface area contributed by atoms with Gasteiger partial charge in [-0.25, -0.2) is 0 Å². The predicted molar refractivity (Wildman–Crippen MR) is 137 cm³/mol. The van der Waals surface area contributed by atoms with Crippen LogP contribution in [0.25, 0.3) is 0 Å². The van der Waals surface area contributed by atoms with Gasteiger partial charge in [-0.2, -0.15) is 0 Å². The molecule has 1 aliphatic carbocycles. The van der Waals surface area contributed by atoms with Crippen molar-refractivity contribution in [3.05, 3.63) is 106 Å². The molecule has 2 aliphatic rings. The Morgan fingerprint density at radius 3 is 2.50 bits per heavy atom. The van der Waals surface area contributed by atoms with E-state index in [0.29, 0.717) is 29.9 Å². The zero-order chi connectivity index (χ0) is 23.8. The number of carbonyl (C=O) groups excluding carboxylic acids is 2. The Hall–Kier alpha value is -3.37. The van der Waals surface area contributed by atoms with Crippen LogP contribution in [0, 0.1) is 6.92 Å². The van der Waals surface area contributed by atoms with Crippen molar-refractivity contribution in [2.75, 3.05) is 10.2 Å². The third kappa shape index (κ3) is 4.03. The molecule has 0 radical (unpaired) electrons. The summed E-state index contributed by atoms with van der Waals surface area (Å²) in [4.78, 5) is 29.0. The summed E-state index contributed by atoms with van der Waals surface area (Å²) in [7, 11) is 0. The third-order valence-electron chi connectivity index (χ3n) is 6.77. The van der Waals surface area contributed by atoms with Gasteiger partial charge in [-0.05, 0) is 54.7 Å². The number of benzene rings is 3. The first-order valence-electron chi connectivity index (χ1n) is 11.7. The summed E-state index contributed by atoms with van der Waals surface area (Å²) in [5, 5.41) is 4.14. The van der Waals surface area contributed by atoms with Crippen LogP contribution in [-0.2, 0) is 9.59 Å². The van der Waals surface area contributed by atoms with E-state index in [9.17, 15) is 9.59 Å². The molecule has 0 saturated heterocycles. The van der Waals surface area contributed by atoms with Crippen molar-refractivity contribution in [2.45, 2.75) is 45.1 Å². The Kier molecular flexibility index (Phi) is 6.01. The van der Waals surface area contributed by atoms with Crippen molar-refractivity contribution < 1.29 is 9.59 Å². The maximum atomic E-state index is 13.8. The SMILES string of the molecule is CCC(=O)N1c2ccccc2NC2=C(C(=O)C[C@@H](c3ccc(C)cc3)C2)[C@H]1c1cccc(Cl)c1. The maximum Gasteiger partial charge on any atom is 0.227 e. The van der Waals surface area contributed by atoms with Gasteiger partial charge in [0.05, 0.1) is 17.4 Å². The van der Waals surface area contributed by atoms with Crippen molar-refractivity contribution in [2.24, 2.45) is 0 Å². The average molecular weight is 471 g/mol. The largest absolute Gasteiger partial charge is 0.357 e. The summed E-state index contributed by atoms with van der Waals surface area (Å²) in [6.45, 7) is 3.92. The summed E-state index contributed by atoms with van der Waals surface area (Å²) >= 11 is 6.37. The van der Waals surface area contributed by atoms with Crippen LogP contribution >= 0.6 is 11.6 Å². The Morgan fingerprint density at radius 1 is 1.00 bits per heavy atom. The number of hydrogen-bond donors (Lipinski definition) is 1. The summed E-state index contributed by atoms with van der Waals surface area (Å²) < 4.78 is 0. The van der Waals surface area contributed by atoms with Crippen LogP contribution in [0.15, 0.2) is 84.1 Å². The number of aryl methyl sites for hydroxylation is 1. The van der Waals surface area contributed by atoms with Gasteiger partial charge in [-0.1, -0.05) is 72.6 Å². The van der Waals surface area contributed by atoms with Gasteiger partial charge < -0.3 is 5.32 Å². The molecule has 5 rings (SSSR count). The van der Waals surface area contributed by atoms with Gasteiger partial charge in [0, 0.05) is 29.1 Å². The molecule has 1 amide bonds. The van der Waals surface area contributed by atoms with Crippen molar-refractivity contribution in [1.82, 2.24) is 0 Å². The number of carbonyl (C=O) groups is 2. The third-order valence-corrected chi connectivity index (χ3v) is 7.01. The molecule has 4 nitrogen and oxygen atoms in total. The number of nitrogens with zero attached hydrogens (tertiary/aromatic N) is 1. The van der Waals surface area contributed by atoms with Gasteiger partial charge in [0.2, 0.25) is 5.91 Å². The Morgan fingerprint density at radius 2 is 1.76 bits per heavy atom. The molecule has 0 aromatic heterocycles. The van der Waals surface area contributed by atoms with Crippen LogP contribution in [-0.4, -0.2) is 11.7 Å². The molecule has 3 aromatic carbocycles. The molecule has 1 heterocycles. The number of halogens is 1. The van der Waals surface area contributed by atoms with Crippen LogP contribution in [0.4, 0.5) is 11.4 Å². The van der Waals surface area contributed by atoms with E-state index in [4.69, 9.17) is 11.6 Å². The molecule has 1 N–H and O–H groups in total. The van der Waals surface area contributed by atoms with E-state index in [0.717, 1.165) is 28.2 Å². The number of nitrogens with one attached hydrogen (secondary N) is 1. The molecule has 0 fully saturated rings. The van der Waals surface area contributed by atoms with E-state index in [2.05, 4.69) is 36.5 Å². The van der Waals surface area contributed by atoms with Crippen molar-refractivity contribution in [3.63, 3.8) is 0 Å². The zero-order valence-electron chi connectivity index (χ0n) is 19.3. The Bertz CT molecular complexity index is 1300. The quantitative estimate of drug-likeness (QED) is 0.450. The highest BCUT2D eigenvalue weighted by Crippen LogP contribution is 2.47. The predicted octanol–water partition coefficient (Wildman–Crippen LogP) is 6.96. The van der Waals surface area contributed by atoms with Gasteiger partial charge in [0.15, 0.2) is 5.78 Å². The number of anilines is 2. The van der Waals surface area contributed by atoms with Crippen molar-refractivity contribution in [1.29, 1.82) is 0 Å². The number of Topliss-reactive ketones (excluding diaryl/α,β-unsaturated/α-hetero) is 1. The average Bonchev–Trinajstić information content (AvgIpc) is 2.98. The summed E-state index contributed by atoms with van der Waals surface area (Å²) in [6, 6.07) is 23.2. The van der Waals surface area contributed by atoms with E-state index in [-0.39, 0.29) is 17.6 Å². The first-order valence-corrected chi connectivity index (χ1v) is 12.1. The monoisotopic (exact) mass is 470 g/mol. The molecule has 0 unspecified atom stereocenters. The molecule has 2 atom stereocenters. The number of amides is 1. The first kappa shape index (κ1) is 22.4. The molecule has 172 valence electrons. The van der Waals surface area contributed by atoms with E-state index < -0.39 is 6.04 Å². The van der Waals surface area contributed by atoms with Crippen LogP contribution in [0.2, 0.25) is 5.02 Å². The van der Waals surface area contributed by atoms with Gasteiger partial charge >= 0.3 is 0 Å². The molecule has 1 aliphatic heterocycles. The van der Waals surface area contributed by atoms with E-state index in [1.165, 1.54) is 5.56 Å².